The first-order valence-corrected chi connectivity index (χ1v) is 11.7. The van der Waals surface area contributed by atoms with Gasteiger partial charge in [0.15, 0.2) is 0 Å². The molecule has 0 bridgehead atoms. The first-order valence-electron chi connectivity index (χ1n) is 11.7. The van der Waals surface area contributed by atoms with Gasteiger partial charge in [0.1, 0.15) is 0 Å². The number of carboxylic acids is 1. The van der Waals surface area contributed by atoms with Gasteiger partial charge >= 0.3 is 5.97 Å². The second-order valence-corrected chi connectivity index (χ2v) is 10.0. The zero-order valence-electron chi connectivity index (χ0n) is 20.1. The Labute approximate surface area is 196 Å². The molecule has 1 fully saturated rings. The molecule has 0 saturated heterocycles. The van der Waals surface area contributed by atoms with Crippen molar-refractivity contribution in [1.29, 1.82) is 5.26 Å². The van der Waals surface area contributed by atoms with Gasteiger partial charge in [-0.05, 0) is 81.5 Å². The van der Waals surface area contributed by atoms with Gasteiger partial charge in [-0.3, -0.25) is 4.79 Å². The molecule has 0 radical (unpaired) electrons. The Balaban J connectivity index is 2.00. The number of anilines is 3. The summed E-state index contributed by atoms with van der Waals surface area (Å²) < 4.78 is 0. The number of hydrogen-bond donors (Lipinski definition) is 3. The van der Waals surface area contributed by atoms with Crippen LogP contribution in [0, 0.1) is 11.3 Å². The van der Waals surface area contributed by atoms with E-state index in [4.69, 9.17) is 5.26 Å². The van der Waals surface area contributed by atoms with Crippen LogP contribution in [0.4, 0.5) is 17.1 Å². The molecule has 1 aliphatic rings. The van der Waals surface area contributed by atoms with Gasteiger partial charge in [-0.25, -0.2) is 0 Å². The summed E-state index contributed by atoms with van der Waals surface area (Å²) in [7, 11) is 0. The van der Waals surface area contributed by atoms with Crippen LogP contribution in [0.25, 0.3) is 0 Å². The number of carbonyl (C=O) groups is 1. The quantitative estimate of drug-likeness (QED) is 0.487. The van der Waals surface area contributed by atoms with E-state index in [0.717, 1.165) is 54.9 Å². The number of rotatable bonds is 8. The summed E-state index contributed by atoms with van der Waals surface area (Å²) in [5, 5.41) is 32.4. The summed E-state index contributed by atoms with van der Waals surface area (Å²) in [6.07, 6.45) is 3.43. The standard InChI is InChI=1S/C27H35N3O3/c1-5-30(22-12-14-27(4,33)15-13-22)24-11-8-20(26(2,3)17-25(31)32)16-23(24)29-21-9-6-19(18-28)7-10-21/h6-11,16,22,29,33H,5,12-15,17H2,1-4H3,(H,31,32). The van der Waals surface area contributed by atoms with E-state index in [9.17, 15) is 15.0 Å². The molecule has 0 atom stereocenters. The molecule has 6 heteroatoms. The monoisotopic (exact) mass is 449 g/mol. The van der Waals surface area contributed by atoms with Crippen molar-refractivity contribution in [3.05, 3.63) is 53.6 Å². The lowest BCUT2D eigenvalue weighted by Crippen LogP contribution is -2.42. The molecule has 176 valence electrons. The summed E-state index contributed by atoms with van der Waals surface area (Å²) in [6, 6.07) is 16.0. The molecule has 0 unspecified atom stereocenters. The summed E-state index contributed by atoms with van der Waals surface area (Å²) in [5.74, 6) is -0.824. The molecule has 0 aliphatic heterocycles. The lowest BCUT2D eigenvalue weighted by Gasteiger charge is -2.41. The number of carboxylic acid groups (broad SMARTS) is 1. The van der Waals surface area contributed by atoms with Crippen LogP contribution in [0.1, 0.15) is 70.9 Å². The molecule has 6 nitrogen and oxygen atoms in total. The fraction of sp³-hybridized carbons (Fsp3) is 0.481. The molecule has 33 heavy (non-hydrogen) atoms. The fourth-order valence-corrected chi connectivity index (χ4v) is 4.73. The van der Waals surface area contributed by atoms with E-state index in [0.29, 0.717) is 11.6 Å². The second-order valence-electron chi connectivity index (χ2n) is 10.0. The van der Waals surface area contributed by atoms with Crippen LogP contribution in [-0.4, -0.2) is 34.4 Å². The van der Waals surface area contributed by atoms with Crippen molar-refractivity contribution >= 4 is 23.0 Å². The van der Waals surface area contributed by atoms with E-state index in [1.165, 1.54) is 0 Å². The molecule has 3 N–H and O–H groups in total. The molecule has 1 aliphatic carbocycles. The largest absolute Gasteiger partial charge is 0.481 e. The van der Waals surface area contributed by atoms with Gasteiger partial charge in [-0.2, -0.15) is 5.26 Å². The van der Waals surface area contributed by atoms with Gasteiger partial charge in [0.05, 0.1) is 35.0 Å². The minimum Gasteiger partial charge on any atom is -0.481 e. The minimum absolute atomic E-state index is 0.0395. The summed E-state index contributed by atoms with van der Waals surface area (Å²) in [5.41, 5.74) is 3.27. The van der Waals surface area contributed by atoms with Crippen LogP contribution in [-0.2, 0) is 10.2 Å². The number of hydrogen-bond acceptors (Lipinski definition) is 5. The van der Waals surface area contributed by atoms with Gasteiger partial charge in [0.25, 0.3) is 0 Å². The molecule has 3 rings (SSSR count). The van der Waals surface area contributed by atoms with Crippen molar-refractivity contribution in [2.75, 3.05) is 16.8 Å². The molecule has 0 aromatic heterocycles. The van der Waals surface area contributed by atoms with E-state index in [1.54, 1.807) is 12.1 Å². The van der Waals surface area contributed by atoms with Gasteiger partial charge in [0, 0.05) is 23.7 Å². The molecular weight excluding hydrogens is 414 g/mol. The molecule has 2 aromatic carbocycles. The Morgan fingerprint density at radius 1 is 1.21 bits per heavy atom. The van der Waals surface area contributed by atoms with Crippen LogP contribution in [0.2, 0.25) is 0 Å². The highest BCUT2D eigenvalue weighted by molar-refractivity contribution is 5.77. The van der Waals surface area contributed by atoms with Gasteiger partial charge in [-0.15, -0.1) is 0 Å². The van der Waals surface area contributed by atoms with Crippen LogP contribution in [0.15, 0.2) is 42.5 Å². The van der Waals surface area contributed by atoms with E-state index >= 15 is 0 Å². The Kier molecular flexibility index (Phi) is 7.34. The Hall–Kier alpha value is -3.04. The zero-order chi connectivity index (χ0) is 24.2. The van der Waals surface area contributed by atoms with Crippen molar-refractivity contribution in [2.45, 2.75) is 76.9 Å². The maximum absolute atomic E-state index is 11.4. The van der Waals surface area contributed by atoms with Gasteiger partial charge in [-0.1, -0.05) is 19.9 Å². The van der Waals surface area contributed by atoms with Crippen LogP contribution in [0.3, 0.4) is 0 Å². The van der Waals surface area contributed by atoms with E-state index < -0.39 is 17.0 Å². The van der Waals surface area contributed by atoms with Crippen LogP contribution in [0.5, 0.6) is 0 Å². The number of aliphatic hydroxyl groups is 1. The highest BCUT2D eigenvalue weighted by Gasteiger charge is 2.32. The fourth-order valence-electron chi connectivity index (χ4n) is 4.73. The van der Waals surface area contributed by atoms with E-state index in [-0.39, 0.29) is 6.42 Å². The van der Waals surface area contributed by atoms with Crippen molar-refractivity contribution in [3.8, 4) is 6.07 Å². The van der Waals surface area contributed by atoms with Crippen molar-refractivity contribution in [1.82, 2.24) is 0 Å². The molecule has 2 aromatic rings. The van der Waals surface area contributed by atoms with Crippen molar-refractivity contribution in [3.63, 3.8) is 0 Å². The lowest BCUT2D eigenvalue weighted by atomic mass is 9.80. The average molecular weight is 450 g/mol. The Bertz CT molecular complexity index is 1010. The predicted octanol–water partition coefficient (Wildman–Crippen LogP) is 5.57. The maximum Gasteiger partial charge on any atom is 0.304 e. The van der Waals surface area contributed by atoms with Crippen molar-refractivity contribution < 1.29 is 15.0 Å². The molecular formula is C27H35N3O3. The first kappa shape index (κ1) is 24.6. The molecule has 1 saturated carbocycles. The smallest absolute Gasteiger partial charge is 0.304 e. The second kappa shape index (κ2) is 9.84. The lowest BCUT2D eigenvalue weighted by molar-refractivity contribution is -0.138. The highest BCUT2D eigenvalue weighted by Crippen LogP contribution is 2.39. The zero-order valence-corrected chi connectivity index (χ0v) is 20.1. The van der Waals surface area contributed by atoms with E-state index in [2.05, 4.69) is 35.3 Å². The van der Waals surface area contributed by atoms with Crippen LogP contribution < -0.4 is 10.2 Å². The number of nitriles is 1. The van der Waals surface area contributed by atoms with Gasteiger partial charge in [0.2, 0.25) is 0 Å². The summed E-state index contributed by atoms with van der Waals surface area (Å²) >= 11 is 0. The topological polar surface area (TPSA) is 96.6 Å². The summed E-state index contributed by atoms with van der Waals surface area (Å²) in [4.78, 5) is 13.8. The highest BCUT2D eigenvalue weighted by atomic mass is 16.4. The third-order valence-electron chi connectivity index (χ3n) is 6.79. The van der Waals surface area contributed by atoms with Gasteiger partial charge < -0.3 is 20.4 Å². The molecule has 0 amide bonds. The third kappa shape index (κ3) is 6.06. The number of benzene rings is 2. The van der Waals surface area contributed by atoms with Crippen molar-refractivity contribution in [2.24, 2.45) is 0 Å². The number of nitrogens with zero attached hydrogens (tertiary/aromatic N) is 2. The molecule has 0 heterocycles. The first-order chi connectivity index (χ1) is 15.5. The predicted molar refractivity (Wildman–Crippen MR) is 132 cm³/mol. The SMILES string of the molecule is CCN(c1ccc(C(C)(C)CC(=O)O)cc1Nc1ccc(C#N)cc1)C1CCC(C)(O)CC1. The Morgan fingerprint density at radius 3 is 2.39 bits per heavy atom. The molecule has 0 spiro atoms. The average Bonchev–Trinajstić information content (AvgIpc) is 2.75. The Morgan fingerprint density at radius 2 is 1.85 bits per heavy atom. The van der Waals surface area contributed by atoms with Crippen LogP contribution >= 0.6 is 0 Å². The summed E-state index contributed by atoms with van der Waals surface area (Å²) in [6.45, 7) is 8.77. The minimum atomic E-state index is -0.824. The number of nitrogens with one attached hydrogen (secondary N) is 1. The van der Waals surface area contributed by atoms with E-state index in [1.807, 2.05) is 39.0 Å². The normalized spacial score (nSPS) is 20.7. The number of aliphatic carboxylic acids is 1. The maximum atomic E-state index is 11.4. The third-order valence-corrected chi connectivity index (χ3v) is 6.79.